The molecule has 1 N–H and O–H groups in total. The quantitative estimate of drug-likeness (QED) is 0.717. The van der Waals surface area contributed by atoms with Crippen LogP contribution in [0.3, 0.4) is 0 Å². The highest BCUT2D eigenvalue weighted by atomic mass is 16.5. The number of hydrogen-bond donors (Lipinski definition) is 1. The predicted molar refractivity (Wildman–Crippen MR) is 71.1 cm³/mol. The third-order valence-electron chi connectivity index (χ3n) is 2.36. The van der Waals surface area contributed by atoms with Crippen molar-refractivity contribution in [3.63, 3.8) is 0 Å². The van der Waals surface area contributed by atoms with Crippen LogP contribution in [0.4, 0.5) is 0 Å². The minimum atomic E-state index is 0.532. The van der Waals surface area contributed by atoms with Gasteiger partial charge in [-0.1, -0.05) is 13.8 Å². The van der Waals surface area contributed by atoms with Crippen LogP contribution in [0.1, 0.15) is 32.4 Å². The SMILES string of the molecule is CC(C)CNCc1ccc(OCCCC#N)cn1. The predicted octanol–water partition coefficient (Wildman–Crippen LogP) is 2.51. The molecule has 4 heteroatoms. The summed E-state index contributed by atoms with van der Waals surface area (Å²) in [6.07, 6.45) is 3.03. The Bertz CT molecular complexity index is 368. The normalized spacial score (nSPS) is 10.3. The van der Waals surface area contributed by atoms with Crippen LogP contribution in [0.2, 0.25) is 0 Å². The van der Waals surface area contributed by atoms with Crippen LogP contribution < -0.4 is 10.1 Å². The van der Waals surface area contributed by atoms with Gasteiger partial charge in [-0.3, -0.25) is 4.98 Å². The van der Waals surface area contributed by atoms with E-state index in [-0.39, 0.29) is 0 Å². The number of rotatable bonds is 8. The van der Waals surface area contributed by atoms with Gasteiger partial charge in [-0.05, 0) is 31.0 Å². The first-order chi connectivity index (χ1) is 8.72. The first-order valence-electron chi connectivity index (χ1n) is 6.37. The first-order valence-corrected chi connectivity index (χ1v) is 6.37. The largest absolute Gasteiger partial charge is 0.492 e. The summed E-state index contributed by atoms with van der Waals surface area (Å²) in [5.41, 5.74) is 1.01. The number of pyridine rings is 1. The van der Waals surface area contributed by atoms with E-state index >= 15 is 0 Å². The molecule has 4 nitrogen and oxygen atoms in total. The van der Waals surface area contributed by atoms with E-state index in [2.05, 4.69) is 30.2 Å². The summed E-state index contributed by atoms with van der Waals surface area (Å²) in [5, 5.41) is 11.7. The van der Waals surface area contributed by atoms with E-state index < -0.39 is 0 Å². The maximum atomic E-state index is 8.40. The number of nitrogens with zero attached hydrogens (tertiary/aromatic N) is 2. The van der Waals surface area contributed by atoms with E-state index in [0.717, 1.165) is 31.0 Å². The van der Waals surface area contributed by atoms with Crippen molar-refractivity contribution in [1.29, 1.82) is 5.26 Å². The summed E-state index contributed by atoms with van der Waals surface area (Å²) in [7, 11) is 0. The number of unbranched alkanes of at least 4 members (excludes halogenated alkanes) is 1. The highest BCUT2D eigenvalue weighted by Gasteiger charge is 1.98. The Balaban J connectivity index is 2.27. The zero-order valence-corrected chi connectivity index (χ0v) is 11.1. The zero-order chi connectivity index (χ0) is 13.2. The van der Waals surface area contributed by atoms with Gasteiger partial charge in [0.05, 0.1) is 24.6 Å². The number of nitriles is 1. The Morgan fingerprint density at radius 2 is 2.28 bits per heavy atom. The molecule has 0 saturated heterocycles. The molecule has 0 atom stereocenters. The van der Waals surface area contributed by atoms with Crippen molar-refractivity contribution in [3.8, 4) is 11.8 Å². The van der Waals surface area contributed by atoms with Crippen molar-refractivity contribution < 1.29 is 4.74 Å². The van der Waals surface area contributed by atoms with E-state index in [1.54, 1.807) is 6.20 Å². The molecule has 0 fully saturated rings. The Morgan fingerprint density at radius 3 is 2.89 bits per heavy atom. The third-order valence-corrected chi connectivity index (χ3v) is 2.36. The molecule has 1 heterocycles. The van der Waals surface area contributed by atoms with E-state index in [4.69, 9.17) is 10.00 Å². The fourth-order valence-corrected chi connectivity index (χ4v) is 1.43. The average Bonchev–Trinajstić information content (AvgIpc) is 2.36. The second-order valence-electron chi connectivity index (χ2n) is 4.62. The molecule has 0 radical (unpaired) electrons. The molecular weight excluding hydrogens is 226 g/mol. The van der Waals surface area contributed by atoms with E-state index in [0.29, 0.717) is 18.9 Å². The molecular formula is C14H21N3O. The van der Waals surface area contributed by atoms with Gasteiger partial charge in [0, 0.05) is 13.0 Å². The lowest BCUT2D eigenvalue weighted by molar-refractivity contribution is 0.311. The van der Waals surface area contributed by atoms with Gasteiger partial charge in [0.15, 0.2) is 0 Å². The monoisotopic (exact) mass is 247 g/mol. The second kappa shape index (κ2) is 8.48. The summed E-state index contributed by atoms with van der Waals surface area (Å²) in [6.45, 7) is 6.71. The molecule has 1 aromatic heterocycles. The molecule has 0 bridgehead atoms. The lowest BCUT2D eigenvalue weighted by Gasteiger charge is -2.08. The summed E-state index contributed by atoms with van der Waals surface area (Å²) in [5.74, 6) is 1.41. The summed E-state index contributed by atoms with van der Waals surface area (Å²) < 4.78 is 5.47. The molecule has 18 heavy (non-hydrogen) atoms. The molecule has 0 unspecified atom stereocenters. The average molecular weight is 247 g/mol. The molecule has 1 rings (SSSR count). The minimum Gasteiger partial charge on any atom is -0.492 e. The Kier molecular flexibility index (Phi) is 6.82. The van der Waals surface area contributed by atoms with Gasteiger partial charge in [0.25, 0.3) is 0 Å². The molecule has 0 aromatic carbocycles. The molecule has 0 aliphatic carbocycles. The van der Waals surface area contributed by atoms with Crippen molar-refractivity contribution in [2.45, 2.75) is 33.2 Å². The highest BCUT2D eigenvalue weighted by Crippen LogP contribution is 2.09. The lowest BCUT2D eigenvalue weighted by atomic mass is 10.2. The summed E-state index contributed by atoms with van der Waals surface area (Å²) >= 11 is 0. The lowest BCUT2D eigenvalue weighted by Crippen LogP contribution is -2.19. The molecule has 1 aromatic rings. The zero-order valence-electron chi connectivity index (χ0n) is 11.1. The van der Waals surface area contributed by atoms with E-state index in [9.17, 15) is 0 Å². The Morgan fingerprint density at radius 1 is 1.44 bits per heavy atom. The smallest absolute Gasteiger partial charge is 0.137 e. The van der Waals surface area contributed by atoms with Crippen LogP contribution in [0.15, 0.2) is 18.3 Å². The van der Waals surface area contributed by atoms with Crippen LogP contribution in [0.5, 0.6) is 5.75 Å². The van der Waals surface area contributed by atoms with Gasteiger partial charge in [-0.2, -0.15) is 5.26 Å². The fourth-order valence-electron chi connectivity index (χ4n) is 1.43. The van der Waals surface area contributed by atoms with Crippen LogP contribution in [-0.4, -0.2) is 18.1 Å². The van der Waals surface area contributed by atoms with Gasteiger partial charge in [-0.15, -0.1) is 0 Å². The topological polar surface area (TPSA) is 57.9 Å². The molecule has 98 valence electrons. The number of aromatic nitrogens is 1. The Labute approximate surface area is 109 Å². The highest BCUT2D eigenvalue weighted by molar-refractivity contribution is 5.19. The van der Waals surface area contributed by atoms with Gasteiger partial charge < -0.3 is 10.1 Å². The maximum absolute atomic E-state index is 8.40. The molecule has 0 aliphatic heterocycles. The summed E-state index contributed by atoms with van der Waals surface area (Å²) in [6, 6.07) is 5.98. The van der Waals surface area contributed by atoms with Crippen molar-refractivity contribution in [2.24, 2.45) is 5.92 Å². The maximum Gasteiger partial charge on any atom is 0.137 e. The van der Waals surface area contributed by atoms with E-state index in [1.165, 1.54) is 0 Å². The van der Waals surface area contributed by atoms with Crippen molar-refractivity contribution in [1.82, 2.24) is 10.3 Å². The van der Waals surface area contributed by atoms with Gasteiger partial charge in [0.2, 0.25) is 0 Å². The standard InChI is InChI=1S/C14H21N3O/c1-12(2)9-16-10-13-5-6-14(11-17-13)18-8-4-3-7-15/h5-6,11-12,16H,3-4,8-10H2,1-2H3. The second-order valence-corrected chi connectivity index (χ2v) is 4.62. The van der Waals surface area contributed by atoms with Crippen LogP contribution in [-0.2, 0) is 6.54 Å². The minimum absolute atomic E-state index is 0.532. The van der Waals surface area contributed by atoms with Crippen LogP contribution in [0, 0.1) is 17.2 Å². The van der Waals surface area contributed by atoms with Crippen molar-refractivity contribution in [3.05, 3.63) is 24.0 Å². The van der Waals surface area contributed by atoms with Crippen LogP contribution >= 0.6 is 0 Å². The first kappa shape index (κ1) is 14.5. The van der Waals surface area contributed by atoms with Crippen LogP contribution in [0.25, 0.3) is 0 Å². The molecule has 0 amide bonds. The molecule has 0 saturated carbocycles. The van der Waals surface area contributed by atoms with Gasteiger partial charge in [0.1, 0.15) is 5.75 Å². The molecule has 0 aliphatic rings. The molecule has 0 spiro atoms. The van der Waals surface area contributed by atoms with E-state index in [1.807, 2.05) is 12.1 Å². The number of nitrogens with one attached hydrogen (secondary N) is 1. The Hall–Kier alpha value is -1.60. The number of ether oxygens (including phenoxy) is 1. The fraction of sp³-hybridized carbons (Fsp3) is 0.571. The number of hydrogen-bond acceptors (Lipinski definition) is 4. The van der Waals surface area contributed by atoms with Crippen molar-refractivity contribution >= 4 is 0 Å². The summed E-state index contributed by atoms with van der Waals surface area (Å²) in [4.78, 5) is 4.32. The van der Waals surface area contributed by atoms with Gasteiger partial charge >= 0.3 is 0 Å². The third kappa shape index (κ3) is 6.21. The van der Waals surface area contributed by atoms with Crippen molar-refractivity contribution in [2.75, 3.05) is 13.2 Å². The van der Waals surface area contributed by atoms with Gasteiger partial charge in [-0.25, -0.2) is 0 Å².